The summed E-state index contributed by atoms with van der Waals surface area (Å²) in [6, 6.07) is 9.68. The average molecular weight is 321 g/mol. The summed E-state index contributed by atoms with van der Waals surface area (Å²) in [7, 11) is 0. The molecule has 7 heteroatoms. The Bertz CT molecular complexity index is 522. The molecule has 0 saturated carbocycles. The zero-order valence-electron chi connectivity index (χ0n) is 13.8. The van der Waals surface area contributed by atoms with Gasteiger partial charge in [-0.2, -0.15) is 0 Å². The first kappa shape index (κ1) is 19.0. The minimum atomic E-state index is -0.565. The van der Waals surface area contributed by atoms with Crippen molar-refractivity contribution in [3.05, 3.63) is 46.3 Å². The molecule has 0 aliphatic heterocycles. The minimum absolute atomic E-state index is 0.0914. The molecule has 0 unspecified atom stereocenters. The number of azide groups is 1. The molecule has 0 spiro atoms. The quantitative estimate of drug-likeness (QED) is 0.302. The van der Waals surface area contributed by atoms with Gasteiger partial charge in [0.2, 0.25) is 0 Å². The Kier molecular flexibility index (Phi) is 8.11. The van der Waals surface area contributed by atoms with Gasteiger partial charge in [-0.05, 0) is 31.9 Å². The Labute approximate surface area is 136 Å². The van der Waals surface area contributed by atoms with Crippen molar-refractivity contribution in [2.75, 3.05) is 19.8 Å². The van der Waals surface area contributed by atoms with Crippen molar-refractivity contribution < 1.29 is 19.0 Å². The maximum atomic E-state index is 11.6. The maximum Gasteiger partial charge on any atom is 0.332 e. The molecule has 1 aromatic rings. The standard InChI is InChI=1S/C16H23N3O4/c1-16(2,3)23-15(20)12-22-14(9-18-19-17)11-21-10-13-7-5-4-6-8-13/h4-8,14H,9-12H2,1-3H3/t14-/m1/s1. The van der Waals surface area contributed by atoms with Crippen LogP contribution in [0.25, 0.3) is 10.4 Å². The molecule has 23 heavy (non-hydrogen) atoms. The first-order valence-electron chi connectivity index (χ1n) is 7.36. The van der Waals surface area contributed by atoms with Crippen LogP contribution in [0.2, 0.25) is 0 Å². The molecule has 0 fully saturated rings. The number of esters is 1. The van der Waals surface area contributed by atoms with E-state index in [4.69, 9.17) is 19.7 Å². The maximum absolute atomic E-state index is 11.6. The highest BCUT2D eigenvalue weighted by molar-refractivity contribution is 5.71. The largest absolute Gasteiger partial charge is 0.458 e. The average Bonchev–Trinajstić information content (AvgIpc) is 2.49. The summed E-state index contributed by atoms with van der Waals surface area (Å²) in [6.07, 6.45) is -0.498. The molecule has 0 saturated heterocycles. The van der Waals surface area contributed by atoms with E-state index in [1.807, 2.05) is 30.3 Å². The van der Waals surface area contributed by atoms with Crippen LogP contribution in [0, 0.1) is 0 Å². The third kappa shape index (κ3) is 9.52. The number of nitrogens with zero attached hydrogens (tertiary/aromatic N) is 3. The van der Waals surface area contributed by atoms with E-state index in [1.54, 1.807) is 20.8 Å². The fraction of sp³-hybridized carbons (Fsp3) is 0.562. The summed E-state index contributed by atoms with van der Waals surface area (Å²) in [5.74, 6) is -0.466. The molecule has 0 aliphatic rings. The predicted octanol–water partition coefficient (Wildman–Crippen LogP) is 3.24. The molecule has 0 radical (unpaired) electrons. The van der Waals surface area contributed by atoms with Gasteiger partial charge in [0.1, 0.15) is 12.2 Å². The van der Waals surface area contributed by atoms with Crippen LogP contribution in [-0.4, -0.2) is 37.4 Å². The normalized spacial score (nSPS) is 12.3. The van der Waals surface area contributed by atoms with Crippen molar-refractivity contribution in [1.29, 1.82) is 0 Å². The van der Waals surface area contributed by atoms with Gasteiger partial charge in [0.25, 0.3) is 0 Å². The number of hydrogen-bond donors (Lipinski definition) is 0. The molecule has 126 valence electrons. The number of carbonyl (C=O) groups is 1. The third-order valence-electron chi connectivity index (χ3n) is 2.62. The number of hydrogen-bond acceptors (Lipinski definition) is 5. The lowest BCUT2D eigenvalue weighted by Crippen LogP contribution is -2.30. The molecular weight excluding hydrogens is 298 g/mol. The van der Waals surface area contributed by atoms with Crippen molar-refractivity contribution in [3.8, 4) is 0 Å². The summed E-state index contributed by atoms with van der Waals surface area (Å²) in [6.45, 7) is 5.87. The van der Waals surface area contributed by atoms with Crippen LogP contribution in [0.1, 0.15) is 26.3 Å². The van der Waals surface area contributed by atoms with E-state index < -0.39 is 17.7 Å². The molecule has 0 heterocycles. The summed E-state index contributed by atoms with van der Waals surface area (Å²) in [5, 5.41) is 3.47. The molecule has 1 aromatic carbocycles. The van der Waals surface area contributed by atoms with E-state index >= 15 is 0 Å². The number of benzene rings is 1. The van der Waals surface area contributed by atoms with Gasteiger partial charge < -0.3 is 14.2 Å². The van der Waals surface area contributed by atoms with Crippen LogP contribution >= 0.6 is 0 Å². The van der Waals surface area contributed by atoms with E-state index in [9.17, 15) is 4.79 Å². The molecule has 0 aromatic heterocycles. The van der Waals surface area contributed by atoms with E-state index in [0.29, 0.717) is 6.61 Å². The number of rotatable bonds is 9. The zero-order valence-corrected chi connectivity index (χ0v) is 13.8. The van der Waals surface area contributed by atoms with Crippen molar-refractivity contribution in [1.82, 2.24) is 0 Å². The number of carbonyl (C=O) groups excluding carboxylic acids is 1. The van der Waals surface area contributed by atoms with Crippen LogP contribution in [0.15, 0.2) is 35.4 Å². The Balaban J connectivity index is 2.39. The lowest BCUT2D eigenvalue weighted by molar-refractivity contribution is -0.163. The van der Waals surface area contributed by atoms with Gasteiger partial charge in [0, 0.05) is 4.91 Å². The topological polar surface area (TPSA) is 93.5 Å². The highest BCUT2D eigenvalue weighted by Gasteiger charge is 2.18. The van der Waals surface area contributed by atoms with E-state index in [2.05, 4.69) is 10.0 Å². The molecule has 0 N–H and O–H groups in total. The Morgan fingerprint density at radius 2 is 2.00 bits per heavy atom. The molecule has 7 nitrogen and oxygen atoms in total. The van der Waals surface area contributed by atoms with E-state index in [-0.39, 0.29) is 19.8 Å². The zero-order chi connectivity index (χ0) is 17.1. The van der Waals surface area contributed by atoms with Crippen molar-refractivity contribution in [2.24, 2.45) is 5.11 Å². The second kappa shape index (κ2) is 9.84. The van der Waals surface area contributed by atoms with Crippen molar-refractivity contribution in [2.45, 2.75) is 39.1 Å². The fourth-order valence-corrected chi connectivity index (χ4v) is 1.72. The first-order valence-corrected chi connectivity index (χ1v) is 7.36. The third-order valence-corrected chi connectivity index (χ3v) is 2.62. The van der Waals surface area contributed by atoms with E-state index in [1.165, 1.54) is 0 Å². The summed E-state index contributed by atoms with van der Waals surface area (Å²) in [5.41, 5.74) is 8.88. The highest BCUT2D eigenvalue weighted by atomic mass is 16.6. The first-order chi connectivity index (χ1) is 10.9. The van der Waals surface area contributed by atoms with E-state index in [0.717, 1.165) is 5.56 Å². The van der Waals surface area contributed by atoms with Gasteiger partial charge in [-0.3, -0.25) is 0 Å². The molecule has 1 rings (SSSR count). The summed E-state index contributed by atoms with van der Waals surface area (Å²) < 4.78 is 16.1. The molecule has 0 bridgehead atoms. The van der Waals surface area contributed by atoms with Gasteiger partial charge >= 0.3 is 5.97 Å². The van der Waals surface area contributed by atoms with Gasteiger partial charge in [0.05, 0.1) is 25.9 Å². The van der Waals surface area contributed by atoms with Crippen LogP contribution < -0.4 is 0 Å². The summed E-state index contributed by atoms with van der Waals surface area (Å²) in [4.78, 5) is 14.3. The van der Waals surface area contributed by atoms with Crippen LogP contribution in [0.5, 0.6) is 0 Å². The van der Waals surface area contributed by atoms with Crippen LogP contribution in [0.3, 0.4) is 0 Å². The molecular formula is C16H23N3O4. The fourth-order valence-electron chi connectivity index (χ4n) is 1.72. The number of ether oxygens (including phenoxy) is 3. The van der Waals surface area contributed by atoms with Crippen LogP contribution in [-0.2, 0) is 25.6 Å². The Hall–Kier alpha value is -2.08. The van der Waals surface area contributed by atoms with Gasteiger partial charge in [-0.1, -0.05) is 35.4 Å². The smallest absolute Gasteiger partial charge is 0.332 e. The second-order valence-electron chi connectivity index (χ2n) is 5.93. The van der Waals surface area contributed by atoms with Crippen LogP contribution in [0.4, 0.5) is 0 Å². The minimum Gasteiger partial charge on any atom is -0.458 e. The highest BCUT2D eigenvalue weighted by Crippen LogP contribution is 2.08. The SMILES string of the molecule is CC(C)(C)OC(=O)CO[C@H](CN=[N+]=[N-])COCc1ccccc1. The predicted molar refractivity (Wildman–Crippen MR) is 85.7 cm³/mol. The molecule has 0 aliphatic carbocycles. The lowest BCUT2D eigenvalue weighted by Gasteiger charge is -2.21. The van der Waals surface area contributed by atoms with Gasteiger partial charge in [-0.25, -0.2) is 4.79 Å². The Morgan fingerprint density at radius 3 is 2.61 bits per heavy atom. The van der Waals surface area contributed by atoms with Gasteiger partial charge in [0.15, 0.2) is 0 Å². The van der Waals surface area contributed by atoms with Crippen molar-refractivity contribution >= 4 is 5.97 Å². The van der Waals surface area contributed by atoms with Crippen molar-refractivity contribution in [3.63, 3.8) is 0 Å². The lowest BCUT2D eigenvalue weighted by atomic mass is 10.2. The van der Waals surface area contributed by atoms with Gasteiger partial charge in [-0.15, -0.1) is 0 Å². The molecule has 1 atom stereocenters. The Morgan fingerprint density at radius 1 is 1.30 bits per heavy atom. The second-order valence-corrected chi connectivity index (χ2v) is 5.93. The monoisotopic (exact) mass is 321 g/mol. The summed E-state index contributed by atoms with van der Waals surface area (Å²) >= 11 is 0. The molecule has 0 amide bonds.